The molecule has 1 heterocycles. The molecule has 1 aliphatic carbocycles. The number of rotatable bonds is 2. The molecule has 21 heavy (non-hydrogen) atoms. The van der Waals surface area contributed by atoms with Crippen LogP contribution in [-0.4, -0.2) is 21.9 Å². The average molecular weight is 287 g/mol. The molecular weight excluding hydrogens is 266 g/mol. The van der Waals surface area contributed by atoms with Gasteiger partial charge >= 0.3 is 5.97 Å². The Bertz CT molecular complexity index is 606. The Labute approximate surface area is 124 Å². The molecule has 1 fully saturated rings. The molecule has 4 heteroatoms. The maximum absolute atomic E-state index is 12.8. The molecule has 1 aromatic carbocycles. The molecule has 1 unspecified atom stereocenters. The van der Waals surface area contributed by atoms with Crippen molar-refractivity contribution in [2.24, 2.45) is 11.3 Å². The van der Waals surface area contributed by atoms with Crippen molar-refractivity contribution in [1.29, 1.82) is 0 Å². The normalized spacial score (nSPS) is 23.1. The molecule has 1 aromatic rings. The van der Waals surface area contributed by atoms with Gasteiger partial charge in [-0.1, -0.05) is 26.3 Å². The number of nitrogens with zero attached hydrogens (tertiary/aromatic N) is 1. The van der Waals surface area contributed by atoms with Crippen molar-refractivity contribution in [3.8, 4) is 0 Å². The maximum Gasteiger partial charge on any atom is 0.335 e. The second kappa shape index (κ2) is 4.86. The zero-order valence-electron chi connectivity index (χ0n) is 12.6. The van der Waals surface area contributed by atoms with Gasteiger partial charge in [-0.05, 0) is 41.5 Å². The number of hydrogen-bond donors (Lipinski definition) is 1. The molecule has 0 radical (unpaired) electrons. The van der Waals surface area contributed by atoms with Crippen LogP contribution < -0.4 is 0 Å². The number of carboxylic acids is 1. The summed E-state index contributed by atoms with van der Waals surface area (Å²) in [6.45, 7) is 5.51. The summed E-state index contributed by atoms with van der Waals surface area (Å²) >= 11 is 0. The summed E-state index contributed by atoms with van der Waals surface area (Å²) in [6, 6.07) is 5.16. The Morgan fingerprint density at radius 1 is 1.24 bits per heavy atom. The molecule has 1 N–H and O–H groups in total. The van der Waals surface area contributed by atoms with Crippen LogP contribution in [0.3, 0.4) is 0 Å². The third-order valence-corrected chi connectivity index (χ3v) is 5.04. The third-order valence-electron chi connectivity index (χ3n) is 5.04. The lowest BCUT2D eigenvalue weighted by atomic mass is 9.81. The second-order valence-corrected chi connectivity index (χ2v) is 6.92. The first-order chi connectivity index (χ1) is 9.88. The molecule has 4 nitrogen and oxygen atoms in total. The standard InChI is InChI=1S/C17H21NO3/c1-17(2)7-3-4-14(17)15(19)18-9-12-6-5-11(16(20)21)8-13(12)10-18/h5-6,8,14H,3-4,7,9-10H2,1-2H3,(H,20,21). The summed E-state index contributed by atoms with van der Waals surface area (Å²) in [5.74, 6) is -0.587. The minimum atomic E-state index is -0.917. The summed E-state index contributed by atoms with van der Waals surface area (Å²) in [4.78, 5) is 25.7. The van der Waals surface area contributed by atoms with Crippen LogP contribution >= 0.6 is 0 Å². The number of fused-ring (bicyclic) bond motifs is 1. The van der Waals surface area contributed by atoms with E-state index in [0.717, 1.165) is 30.4 Å². The maximum atomic E-state index is 12.8. The van der Waals surface area contributed by atoms with E-state index < -0.39 is 5.97 Å². The number of carbonyl (C=O) groups is 2. The molecule has 0 bridgehead atoms. The van der Waals surface area contributed by atoms with E-state index >= 15 is 0 Å². The highest BCUT2D eigenvalue weighted by Gasteiger charge is 2.42. The zero-order valence-corrected chi connectivity index (χ0v) is 12.6. The van der Waals surface area contributed by atoms with Crippen molar-refractivity contribution < 1.29 is 14.7 Å². The highest BCUT2D eigenvalue weighted by molar-refractivity contribution is 5.88. The lowest BCUT2D eigenvalue weighted by molar-refractivity contribution is -0.139. The highest BCUT2D eigenvalue weighted by atomic mass is 16.4. The van der Waals surface area contributed by atoms with Crippen LogP contribution in [0.15, 0.2) is 18.2 Å². The lowest BCUT2D eigenvalue weighted by Gasteiger charge is -2.29. The molecular formula is C17H21NO3. The quantitative estimate of drug-likeness (QED) is 0.909. The van der Waals surface area contributed by atoms with Crippen LogP contribution in [0.25, 0.3) is 0 Å². The number of aromatic carboxylic acids is 1. The number of amides is 1. The summed E-state index contributed by atoms with van der Waals surface area (Å²) < 4.78 is 0. The third kappa shape index (κ3) is 2.43. The summed E-state index contributed by atoms with van der Waals surface area (Å²) in [5, 5.41) is 9.05. The fraction of sp³-hybridized carbons (Fsp3) is 0.529. The van der Waals surface area contributed by atoms with E-state index in [4.69, 9.17) is 5.11 Å². The molecule has 1 saturated carbocycles. The van der Waals surface area contributed by atoms with Gasteiger partial charge in [0.15, 0.2) is 0 Å². The van der Waals surface area contributed by atoms with Gasteiger partial charge < -0.3 is 10.0 Å². The van der Waals surface area contributed by atoms with Crippen LogP contribution in [0.2, 0.25) is 0 Å². The van der Waals surface area contributed by atoms with Crippen LogP contribution in [0.4, 0.5) is 0 Å². The van der Waals surface area contributed by atoms with Crippen LogP contribution in [0, 0.1) is 11.3 Å². The summed E-state index contributed by atoms with van der Waals surface area (Å²) in [5.41, 5.74) is 2.42. The van der Waals surface area contributed by atoms with Crippen LogP contribution in [0.5, 0.6) is 0 Å². The Hall–Kier alpha value is -1.84. The van der Waals surface area contributed by atoms with Crippen molar-refractivity contribution in [3.05, 3.63) is 34.9 Å². The van der Waals surface area contributed by atoms with Crippen molar-refractivity contribution >= 4 is 11.9 Å². The topological polar surface area (TPSA) is 57.6 Å². The van der Waals surface area contributed by atoms with E-state index in [1.54, 1.807) is 12.1 Å². The smallest absolute Gasteiger partial charge is 0.335 e. The number of carbonyl (C=O) groups excluding carboxylic acids is 1. The minimum absolute atomic E-state index is 0.0814. The van der Waals surface area contributed by atoms with Gasteiger partial charge in [-0.15, -0.1) is 0 Å². The van der Waals surface area contributed by atoms with Gasteiger partial charge in [-0.2, -0.15) is 0 Å². The van der Waals surface area contributed by atoms with Gasteiger partial charge in [-0.25, -0.2) is 4.79 Å². The highest BCUT2D eigenvalue weighted by Crippen LogP contribution is 2.44. The largest absolute Gasteiger partial charge is 0.478 e. The SMILES string of the molecule is CC1(C)CCCC1C(=O)N1Cc2ccc(C(=O)O)cc2C1. The van der Waals surface area contributed by atoms with Crippen molar-refractivity contribution in [3.63, 3.8) is 0 Å². The molecule has 0 aromatic heterocycles. The number of hydrogen-bond acceptors (Lipinski definition) is 2. The minimum Gasteiger partial charge on any atom is -0.478 e. The van der Waals surface area contributed by atoms with E-state index in [9.17, 15) is 9.59 Å². The first kappa shape index (κ1) is 14.1. The van der Waals surface area contributed by atoms with E-state index in [0.29, 0.717) is 18.7 Å². The Morgan fingerprint density at radius 3 is 2.57 bits per heavy atom. The lowest BCUT2D eigenvalue weighted by Crippen LogP contribution is -2.36. The second-order valence-electron chi connectivity index (χ2n) is 6.92. The van der Waals surface area contributed by atoms with E-state index in [1.807, 2.05) is 11.0 Å². The summed E-state index contributed by atoms with van der Waals surface area (Å²) in [6.07, 6.45) is 3.19. The van der Waals surface area contributed by atoms with Gasteiger partial charge in [0.25, 0.3) is 0 Å². The molecule has 1 atom stereocenters. The zero-order chi connectivity index (χ0) is 15.2. The molecule has 1 amide bonds. The van der Waals surface area contributed by atoms with Gasteiger partial charge in [0.1, 0.15) is 0 Å². The van der Waals surface area contributed by atoms with Crippen LogP contribution in [0.1, 0.15) is 54.6 Å². The molecule has 112 valence electrons. The first-order valence-corrected chi connectivity index (χ1v) is 7.52. The van der Waals surface area contributed by atoms with Crippen LogP contribution in [-0.2, 0) is 17.9 Å². The van der Waals surface area contributed by atoms with Gasteiger partial charge in [0, 0.05) is 19.0 Å². The van der Waals surface area contributed by atoms with Gasteiger partial charge in [-0.3, -0.25) is 4.79 Å². The fourth-order valence-corrected chi connectivity index (χ4v) is 3.69. The Morgan fingerprint density at radius 2 is 1.95 bits per heavy atom. The molecule has 1 aliphatic heterocycles. The Kier molecular flexibility index (Phi) is 3.27. The van der Waals surface area contributed by atoms with E-state index in [2.05, 4.69) is 13.8 Å². The van der Waals surface area contributed by atoms with E-state index in [1.165, 1.54) is 0 Å². The monoisotopic (exact) mass is 287 g/mol. The summed E-state index contributed by atoms with van der Waals surface area (Å²) in [7, 11) is 0. The number of benzene rings is 1. The molecule has 3 rings (SSSR count). The van der Waals surface area contributed by atoms with Gasteiger partial charge in [0.05, 0.1) is 5.56 Å². The van der Waals surface area contributed by atoms with Crippen molar-refractivity contribution in [1.82, 2.24) is 4.90 Å². The first-order valence-electron chi connectivity index (χ1n) is 7.52. The van der Waals surface area contributed by atoms with E-state index in [-0.39, 0.29) is 17.2 Å². The molecule has 0 saturated heterocycles. The predicted octanol–water partition coefficient (Wildman–Crippen LogP) is 3.05. The van der Waals surface area contributed by atoms with Crippen molar-refractivity contribution in [2.75, 3.05) is 0 Å². The fourth-order valence-electron chi connectivity index (χ4n) is 3.69. The number of carboxylic acid groups (broad SMARTS) is 1. The molecule has 2 aliphatic rings. The molecule has 0 spiro atoms. The van der Waals surface area contributed by atoms with Gasteiger partial charge in [0.2, 0.25) is 5.91 Å². The average Bonchev–Trinajstić information content (AvgIpc) is 2.99. The Balaban J connectivity index is 1.78. The predicted molar refractivity (Wildman–Crippen MR) is 78.8 cm³/mol. The van der Waals surface area contributed by atoms with Crippen molar-refractivity contribution in [2.45, 2.75) is 46.2 Å².